The Morgan fingerprint density at radius 2 is 1.83 bits per heavy atom. The van der Waals surface area contributed by atoms with Gasteiger partial charge < -0.3 is 4.90 Å². The van der Waals surface area contributed by atoms with Crippen LogP contribution in [0.1, 0.15) is 59.8 Å². The second-order valence-electron chi connectivity index (χ2n) is 10.3. The first-order valence-electron chi connectivity index (χ1n) is 10.9. The smallest absolute Gasteiger partial charge is 0.226 e. The van der Waals surface area contributed by atoms with Crippen LogP contribution in [0.15, 0.2) is 0 Å². The summed E-state index contributed by atoms with van der Waals surface area (Å²) >= 11 is 1.81. The van der Waals surface area contributed by atoms with Gasteiger partial charge in [-0.05, 0) is 37.0 Å². The molecule has 2 bridgehead atoms. The van der Waals surface area contributed by atoms with E-state index in [1.807, 2.05) is 18.7 Å². The highest BCUT2D eigenvalue weighted by atomic mass is 32.2. The number of sulfonamides is 1. The zero-order chi connectivity index (χ0) is 21.2. The van der Waals surface area contributed by atoms with Gasteiger partial charge in [-0.15, -0.1) is 11.8 Å². The minimum Gasteiger partial charge on any atom is -0.327 e. The predicted octanol–water partition coefficient (Wildman–Crippen LogP) is 2.74. The Bertz CT molecular complexity index is 815. The van der Waals surface area contributed by atoms with Gasteiger partial charge in [0.2, 0.25) is 15.9 Å². The highest BCUT2D eigenvalue weighted by Gasteiger charge is 2.65. The Hall–Kier alpha value is -0.600. The Balaban J connectivity index is 1.49. The molecule has 2 heterocycles. The standard InChI is InChI=1S/C21H34N2O4S2/c1-15(2)18(25)23-11-12-28-21(23)7-9-22(10-8-21)29(26,27)14-20-6-5-16(13-17(20)24)19(20,3)4/h15-16H,5-14H2,1-4H3. The number of carbonyl (C=O) groups is 2. The summed E-state index contributed by atoms with van der Waals surface area (Å²) in [6.45, 7) is 9.64. The molecule has 29 heavy (non-hydrogen) atoms. The maximum Gasteiger partial charge on any atom is 0.226 e. The normalized spacial score (nSPS) is 33.9. The van der Waals surface area contributed by atoms with Crippen molar-refractivity contribution in [2.45, 2.75) is 64.7 Å². The van der Waals surface area contributed by atoms with Gasteiger partial charge in [0, 0.05) is 43.1 Å². The molecule has 8 heteroatoms. The Kier molecular flexibility index (Phi) is 5.19. The van der Waals surface area contributed by atoms with Gasteiger partial charge in [0.05, 0.1) is 10.6 Å². The monoisotopic (exact) mass is 442 g/mol. The largest absolute Gasteiger partial charge is 0.327 e. The molecule has 4 fully saturated rings. The Labute approximate surface area is 179 Å². The molecule has 0 aromatic carbocycles. The van der Waals surface area contributed by atoms with Crippen LogP contribution in [0.3, 0.4) is 0 Å². The van der Waals surface area contributed by atoms with Gasteiger partial charge in [0.15, 0.2) is 0 Å². The summed E-state index contributed by atoms with van der Waals surface area (Å²) in [7, 11) is -3.52. The van der Waals surface area contributed by atoms with E-state index < -0.39 is 15.4 Å². The van der Waals surface area contributed by atoms with Gasteiger partial charge in [-0.25, -0.2) is 12.7 Å². The number of thioether (sulfide) groups is 1. The minimum atomic E-state index is -3.52. The molecule has 2 aliphatic carbocycles. The fourth-order valence-corrected chi connectivity index (χ4v) is 9.95. The first-order valence-corrected chi connectivity index (χ1v) is 13.5. The second-order valence-corrected chi connectivity index (χ2v) is 13.7. The van der Waals surface area contributed by atoms with Gasteiger partial charge >= 0.3 is 0 Å². The molecular weight excluding hydrogens is 408 g/mol. The molecule has 4 rings (SSSR count). The van der Waals surface area contributed by atoms with E-state index >= 15 is 0 Å². The molecule has 0 aromatic rings. The molecule has 2 saturated carbocycles. The van der Waals surface area contributed by atoms with Crippen LogP contribution < -0.4 is 0 Å². The lowest BCUT2D eigenvalue weighted by Gasteiger charge is -2.45. The van der Waals surface area contributed by atoms with E-state index in [4.69, 9.17) is 0 Å². The van der Waals surface area contributed by atoms with Crippen molar-refractivity contribution in [3.8, 4) is 0 Å². The van der Waals surface area contributed by atoms with Crippen LogP contribution in [0.2, 0.25) is 0 Å². The molecule has 1 spiro atoms. The van der Waals surface area contributed by atoms with Crippen LogP contribution in [-0.2, 0) is 19.6 Å². The molecule has 0 N–H and O–H groups in total. The molecule has 2 unspecified atom stereocenters. The zero-order valence-electron chi connectivity index (χ0n) is 18.1. The average Bonchev–Trinajstić information content (AvgIpc) is 3.20. The molecular formula is C21H34N2O4S2. The fraction of sp³-hybridized carbons (Fsp3) is 0.905. The number of piperidine rings is 1. The van der Waals surface area contributed by atoms with E-state index in [1.54, 1.807) is 16.1 Å². The van der Waals surface area contributed by atoms with Crippen molar-refractivity contribution < 1.29 is 18.0 Å². The molecule has 1 amide bonds. The number of amides is 1. The molecule has 0 aromatic heterocycles. The summed E-state index contributed by atoms with van der Waals surface area (Å²) in [6, 6.07) is 0. The van der Waals surface area contributed by atoms with Crippen LogP contribution in [-0.4, -0.2) is 65.3 Å². The van der Waals surface area contributed by atoms with Crippen molar-refractivity contribution in [3.05, 3.63) is 0 Å². The lowest BCUT2D eigenvalue weighted by Crippen LogP contribution is -2.55. The highest BCUT2D eigenvalue weighted by molar-refractivity contribution is 8.00. The van der Waals surface area contributed by atoms with Crippen molar-refractivity contribution in [1.29, 1.82) is 0 Å². The summed E-state index contributed by atoms with van der Waals surface area (Å²) in [5, 5.41) is 0. The van der Waals surface area contributed by atoms with Gasteiger partial charge in [-0.2, -0.15) is 0 Å². The number of nitrogens with zero attached hydrogens (tertiary/aromatic N) is 2. The molecule has 2 atom stereocenters. The van der Waals surface area contributed by atoms with Crippen molar-refractivity contribution >= 4 is 33.5 Å². The van der Waals surface area contributed by atoms with E-state index in [9.17, 15) is 18.0 Å². The lowest BCUT2D eigenvalue weighted by molar-refractivity contribution is -0.137. The second kappa shape index (κ2) is 6.95. The highest BCUT2D eigenvalue weighted by Crippen LogP contribution is 2.64. The van der Waals surface area contributed by atoms with Crippen LogP contribution in [0, 0.1) is 22.7 Å². The van der Waals surface area contributed by atoms with E-state index in [2.05, 4.69) is 13.8 Å². The predicted molar refractivity (Wildman–Crippen MR) is 115 cm³/mol. The quantitative estimate of drug-likeness (QED) is 0.669. The van der Waals surface area contributed by atoms with E-state index in [-0.39, 0.29) is 33.6 Å². The number of rotatable bonds is 4. The van der Waals surface area contributed by atoms with Crippen LogP contribution in [0.25, 0.3) is 0 Å². The Morgan fingerprint density at radius 3 is 2.34 bits per heavy atom. The summed E-state index contributed by atoms with van der Waals surface area (Å²) in [5.74, 6) is 1.46. The number of hydrogen-bond donors (Lipinski definition) is 0. The van der Waals surface area contributed by atoms with Gasteiger partial charge in [-0.3, -0.25) is 9.59 Å². The van der Waals surface area contributed by atoms with Crippen molar-refractivity contribution in [1.82, 2.24) is 9.21 Å². The lowest BCUT2D eigenvalue weighted by atomic mass is 9.70. The van der Waals surface area contributed by atoms with E-state index in [0.717, 1.165) is 18.7 Å². The third kappa shape index (κ3) is 3.11. The van der Waals surface area contributed by atoms with Crippen LogP contribution >= 0.6 is 11.8 Å². The number of ketones is 1. The number of hydrogen-bond acceptors (Lipinski definition) is 5. The molecule has 0 radical (unpaired) electrons. The minimum absolute atomic E-state index is 0.0441. The first-order chi connectivity index (χ1) is 13.5. The van der Waals surface area contributed by atoms with Crippen molar-refractivity contribution in [2.75, 3.05) is 31.1 Å². The summed E-state index contributed by atoms with van der Waals surface area (Å²) in [5.41, 5.74) is -0.955. The van der Waals surface area contributed by atoms with Gasteiger partial charge in [-0.1, -0.05) is 27.7 Å². The van der Waals surface area contributed by atoms with Crippen molar-refractivity contribution in [2.24, 2.45) is 22.7 Å². The molecule has 2 saturated heterocycles. The summed E-state index contributed by atoms with van der Waals surface area (Å²) < 4.78 is 28.3. The number of Topliss-reactive ketones (excluding diaryl/α,β-unsaturated/α-hetero) is 1. The van der Waals surface area contributed by atoms with E-state index in [0.29, 0.717) is 44.7 Å². The molecule has 2 aliphatic heterocycles. The maximum atomic E-state index is 13.4. The Morgan fingerprint density at radius 1 is 1.17 bits per heavy atom. The molecule has 164 valence electrons. The van der Waals surface area contributed by atoms with Gasteiger partial charge in [0.1, 0.15) is 5.78 Å². The van der Waals surface area contributed by atoms with E-state index in [1.165, 1.54) is 0 Å². The summed E-state index contributed by atoms with van der Waals surface area (Å²) in [6.07, 6.45) is 3.53. The zero-order valence-corrected chi connectivity index (χ0v) is 19.7. The molecule has 4 aliphatic rings. The fourth-order valence-electron chi connectivity index (χ4n) is 6.27. The van der Waals surface area contributed by atoms with Crippen LogP contribution in [0.4, 0.5) is 0 Å². The van der Waals surface area contributed by atoms with Crippen LogP contribution in [0.5, 0.6) is 0 Å². The maximum absolute atomic E-state index is 13.4. The topological polar surface area (TPSA) is 74.8 Å². The van der Waals surface area contributed by atoms with Crippen molar-refractivity contribution in [3.63, 3.8) is 0 Å². The molecule has 6 nitrogen and oxygen atoms in total. The van der Waals surface area contributed by atoms with Gasteiger partial charge in [0.25, 0.3) is 0 Å². The number of fused-ring (bicyclic) bond motifs is 2. The summed E-state index contributed by atoms with van der Waals surface area (Å²) in [4.78, 5) is 27.2. The SMILES string of the molecule is CC(C)C(=O)N1CCSC12CCN(S(=O)(=O)CC13CCC(CC1=O)C3(C)C)CC2. The number of carbonyl (C=O) groups excluding carboxylic acids is 2. The average molecular weight is 443 g/mol. The third-order valence-corrected chi connectivity index (χ3v) is 12.0. The first kappa shape index (κ1) is 21.6. The third-order valence-electron chi connectivity index (χ3n) is 8.40.